The molecule has 150 valence electrons. The molecule has 2 heterocycles. The topological polar surface area (TPSA) is 86.5 Å². The smallest absolute Gasteiger partial charge is 0.255 e. The van der Waals surface area contributed by atoms with Gasteiger partial charge in [-0.3, -0.25) is 4.79 Å². The second-order valence-corrected chi connectivity index (χ2v) is 7.60. The fourth-order valence-corrected chi connectivity index (χ4v) is 4.28. The zero-order valence-corrected chi connectivity index (χ0v) is 16.3. The Morgan fingerprint density at radius 2 is 2.00 bits per heavy atom. The summed E-state index contributed by atoms with van der Waals surface area (Å²) in [4.78, 5) is 17.7. The SMILES string of the molecule is COc1ccc(C2(C(=O)NCc3noc([C@@H]4CCCO4)n3)CCCCC2)cc1. The standard InChI is InChI=1S/C21H27N3O4/c1-26-16-9-7-15(8-10-16)21(11-3-2-4-12-21)20(25)22-14-18-23-19(28-24-18)17-6-5-13-27-17/h7-10,17H,2-6,11-14H2,1H3,(H,22,25)/t17-/m0/s1. The second-order valence-electron chi connectivity index (χ2n) is 7.60. The van der Waals surface area contributed by atoms with E-state index >= 15 is 0 Å². The van der Waals surface area contributed by atoms with E-state index in [2.05, 4.69) is 15.5 Å². The quantitative estimate of drug-likeness (QED) is 0.820. The van der Waals surface area contributed by atoms with Gasteiger partial charge in [0.15, 0.2) is 5.82 Å². The highest BCUT2D eigenvalue weighted by atomic mass is 16.5. The number of carbonyl (C=O) groups is 1. The average molecular weight is 385 g/mol. The maximum absolute atomic E-state index is 13.3. The fourth-order valence-electron chi connectivity index (χ4n) is 4.28. The number of amides is 1. The van der Waals surface area contributed by atoms with Crippen LogP contribution in [0.15, 0.2) is 28.8 Å². The number of hydrogen-bond donors (Lipinski definition) is 1. The van der Waals surface area contributed by atoms with E-state index in [0.717, 1.165) is 56.4 Å². The van der Waals surface area contributed by atoms with Crippen LogP contribution in [-0.2, 0) is 21.5 Å². The third-order valence-corrected chi connectivity index (χ3v) is 5.88. The van der Waals surface area contributed by atoms with Crippen molar-refractivity contribution in [1.82, 2.24) is 15.5 Å². The normalized spacial score (nSPS) is 21.4. The molecule has 4 rings (SSSR count). The second kappa shape index (κ2) is 8.31. The van der Waals surface area contributed by atoms with Crippen molar-refractivity contribution in [3.8, 4) is 5.75 Å². The lowest BCUT2D eigenvalue weighted by molar-refractivity contribution is -0.128. The molecule has 0 radical (unpaired) electrons. The van der Waals surface area contributed by atoms with E-state index in [4.69, 9.17) is 14.0 Å². The molecule has 2 aliphatic rings. The van der Waals surface area contributed by atoms with Crippen molar-refractivity contribution in [1.29, 1.82) is 0 Å². The van der Waals surface area contributed by atoms with Gasteiger partial charge in [-0.25, -0.2) is 0 Å². The average Bonchev–Trinajstić information content (AvgIpc) is 3.44. The zero-order valence-electron chi connectivity index (χ0n) is 16.3. The van der Waals surface area contributed by atoms with Crippen LogP contribution in [0.2, 0.25) is 0 Å². The summed E-state index contributed by atoms with van der Waals surface area (Å²) in [7, 11) is 1.65. The molecule has 2 fully saturated rings. The van der Waals surface area contributed by atoms with E-state index in [9.17, 15) is 4.79 Å². The molecule has 1 saturated heterocycles. The molecule has 0 bridgehead atoms. The predicted molar refractivity (Wildman–Crippen MR) is 102 cm³/mol. The van der Waals surface area contributed by atoms with Gasteiger partial charge in [-0.15, -0.1) is 0 Å². The number of ether oxygens (including phenoxy) is 2. The van der Waals surface area contributed by atoms with Crippen LogP contribution in [0.1, 0.15) is 68.3 Å². The van der Waals surface area contributed by atoms with Gasteiger partial charge in [-0.2, -0.15) is 4.98 Å². The summed E-state index contributed by atoms with van der Waals surface area (Å²) in [5.41, 5.74) is 0.532. The maximum Gasteiger partial charge on any atom is 0.255 e. The van der Waals surface area contributed by atoms with Crippen LogP contribution in [0, 0.1) is 0 Å². The van der Waals surface area contributed by atoms with Crippen LogP contribution in [0.25, 0.3) is 0 Å². The first-order valence-electron chi connectivity index (χ1n) is 10.1. The highest BCUT2D eigenvalue weighted by Crippen LogP contribution is 2.40. The van der Waals surface area contributed by atoms with Crippen LogP contribution in [0.5, 0.6) is 5.75 Å². The lowest BCUT2D eigenvalue weighted by atomic mass is 9.68. The highest BCUT2D eigenvalue weighted by Gasteiger charge is 2.41. The van der Waals surface area contributed by atoms with Gasteiger partial charge < -0.3 is 19.3 Å². The summed E-state index contributed by atoms with van der Waals surface area (Å²) in [6.07, 6.45) is 6.74. The largest absolute Gasteiger partial charge is 0.497 e. The Kier molecular flexibility index (Phi) is 5.62. The fraction of sp³-hybridized carbons (Fsp3) is 0.571. The monoisotopic (exact) mass is 385 g/mol. The van der Waals surface area contributed by atoms with E-state index in [0.29, 0.717) is 11.7 Å². The number of nitrogens with one attached hydrogen (secondary N) is 1. The molecule has 0 unspecified atom stereocenters. The molecule has 0 spiro atoms. The molecule has 1 saturated carbocycles. The van der Waals surface area contributed by atoms with Gasteiger partial charge in [0.2, 0.25) is 5.91 Å². The molecule has 1 aromatic carbocycles. The Hall–Kier alpha value is -2.41. The Morgan fingerprint density at radius 3 is 2.68 bits per heavy atom. The minimum absolute atomic E-state index is 0.0285. The Bertz CT molecular complexity index is 790. The van der Waals surface area contributed by atoms with E-state index in [-0.39, 0.29) is 18.6 Å². The summed E-state index contributed by atoms with van der Waals surface area (Å²) in [5.74, 6) is 1.81. The number of aromatic nitrogens is 2. The third kappa shape index (κ3) is 3.76. The molecule has 28 heavy (non-hydrogen) atoms. The summed E-state index contributed by atoms with van der Waals surface area (Å²) in [6.45, 7) is 0.983. The molecule has 1 atom stereocenters. The Balaban J connectivity index is 1.46. The van der Waals surface area contributed by atoms with Crippen molar-refractivity contribution < 1.29 is 18.8 Å². The third-order valence-electron chi connectivity index (χ3n) is 5.88. The highest BCUT2D eigenvalue weighted by molar-refractivity contribution is 5.88. The van der Waals surface area contributed by atoms with Gasteiger partial charge in [-0.05, 0) is 43.4 Å². The van der Waals surface area contributed by atoms with Crippen molar-refractivity contribution in [2.75, 3.05) is 13.7 Å². The summed E-state index contributed by atoms with van der Waals surface area (Å²) in [6, 6.07) is 7.86. The number of hydrogen-bond acceptors (Lipinski definition) is 6. The van der Waals surface area contributed by atoms with Crippen LogP contribution < -0.4 is 10.1 Å². The molecule has 1 aliphatic heterocycles. The number of benzene rings is 1. The van der Waals surface area contributed by atoms with Crippen molar-refractivity contribution in [3.05, 3.63) is 41.5 Å². The first kappa shape index (κ1) is 18.9. The molecule has 1 amide bonds. The van der Waals surface area contributed by atoms with Gasteiger partial charge in [0.1, 0.15) is 11.9 Å². The minimum atomic E-state index is -0.508. The van der Waals surface area contributed by atoms with Gasteiger partial charge in [0.25, 0.3) is 5.89 Å². The Labute approximate surface area is 164 Å². The number of carbonyl (C=O) groups excluding carboxylic acids is 1. The van der Waals surface area contributed by atoms with Crippen LogP contribution in [0.3, 0.4) is 0 Å². The maximum atomic E-state index is 13.3. The zero-order chi connectivity index (χ0) is 19.4. The lowest BCUT2D eigenvalue weighted by Gasteiger charge is -2.36. The van der Waals surface area contributed by atoms with Crippen molar-refractivity contribution in [3.63, 3.8) is 0 Å². The summed E-state index contributed by atoms with van der Waals surface area (Å²) < 4.78 is 16.1. The van der Waals surface area contributed by atoms with Crippen LogP contribution >= 0.6 is 0 Å². The summed E-state index contributed by atoms with van der Waals surface area (Å²) >= 11 is 0. The van der Waals surface area contributed by atoms with Gasteiger partial charge in [-0.1, -0.05) is 36.6 Å². The van der Waals surface area contributed by atoms with E-state index < -0.39 is 5.41 Å². The van der Waals surface area contributed by atoms with E-state index in [1.165, 1.54) is 6.42 Å². The van der Waals surface area contributed by atoms with Crippen LogP contribution in [0.4, 0.5) is 0 Å². The van der Waals surface area contributed by atoms with Crippen molar-refractivity contribution in [2.24, 2.45) is 0 Å². The molecule has 7 heteroatoms. The molecule has 7 nitrogen and oxygen atoms in total. The van der Waals surface area contributed by atoms with Crippen molar-refractivity contribution in [2.45, 2.75) is 63.0 Å². The molecular formula is C21H27N3O4. The minimum Gasteiger partial charge on any atom is -0.497 e. The molecule has 1 N–H and O–H groups in total. The van der Waals surface area contributed by atoms with E-state index in [1.54, 1.807) is 7.11 Å². The lowest BCUT2D eigenvalue weighted by Crippen LogP contribution is -2.45. The van der Waals surface area contributed by atoms with Gasteiger partial charge >= 0.3 is 0 Å². The van der Waals surface area contributed by atoms with Crippen molar-refractivity contribution >= 4 is 5.91 Å². The Morgan fingerprint density at radius 1 is 1.21 bits per heavy atom. The van der Waals surface area contributed by atoms with E-state index in [1.807, 2.05) is 24.3 Å². The number of rotatable bonds is 6. The summed E-state index contributed by atoms with van der Waals surface area (Å²) in [5, 5.41) is 7.04. The molecule has 1 aromatic heterocycles. The predicted octanol–water partition coefficient (Wildman–Crippen LogP) is 3.45. The first-order chi connectivity index (χ1) is 13.7. The molecule has 1 aliphatic carbocycles. The first-order valence-corrected chi connectivity index (χ1v) is 10.1. The van der Waals surface area contributed by atoms with Crippen LogP contribution in [-0.4, -0.2) is 29.8 Å². The molecule has 2 aromatic rings. The van der Waals surface area contributed by atoms with Gasteiger partial charge in [0, 0.05) is 6.61 Å². The molecular weight excluding hydrogens is 358 g/mol. The number of nitrogens with zero attached hydrogens (tertiary/aromatic N) is 2. The van der Waals surface area contributed by atoms with Gasteiger partial charge in [0.05, 0.1) is 19.1 Å². The number of methoxy groups -OCH3 is 1.